The lowest BCUT2D eigenvalue weighted by Crippen LogP contribution is -2.25. The van der Waals surface area contributed by atoms with Gasteiger partial charge >= 0.3 is 5.69 Å². The molecule has 0 aliphatic heterocycles. The Bertz CT molecular complexity index is 1200. The number of benzene rings is 2. The summed E-state index contributed by atoms with van der Waals surface area (Å²) < 4.78 is 27.3. The number of aromatic hydroxyl groups is 1. The summed E-state index contributed by atoms with van der Waals surface area (Å²) in [6, 6.07) is 10.3. The number of rotatable bonds is 3. The van der Waals surface area contributed by atoms with E-state index in [0.29, 0.717) is 11.1 Å². The second kappa shape index (κ2) is 7.09. The number of hydrogen-bond donors (Lipinski definition) is 3. The van der Waals surface area contributed by atoms with Gasteiger partial charge in [0.15, 0.2) is 17.4 Å². The third kappa shape index (κ3) is 3.52. The van der Waals surface area contributed by atoms with E-state index in [2.05, 4.69) is 4.98 Å². The minimum Gasteiger partial charge on any atom is -0.503 e. The number of hydrogen-bond acceptors (Lipinski definition) is 4. The fourth-order valence-electron chi connectivity index (χ4n) is 2.54. The van der Waals surface area contributed by atoms with E-state index >= 15 is 0 Å². The molecule has 134 valence electrons. The maximum atomic E-state index is 13.7. The second-order valence-corrected chi connectivity index (χ2v) is 5.52. The molecule has 3 aromatic rings. The van der Waals surface area contributed by atoms with Crippen molar-refractivity contribution in [3.05, 3.63) is 85.7 Å². The molecule has 8 heteroatoms. The number of halogens is 2. The molecule has 0 bridgehead atoms. The summed E-state index contributed by atoms with van der Waals surface area (Å²) in [6.07, 6.45) is 2.84. The van der Waals surface area contributed by atoms with Crippen molar-refractivity contribution < 1.29 is 13.9 Å². The molecular formula is C19H11F2N3O3. The maximum absolute atomic E-state index is 13.7. The Hall–Kier alpha value is -3.99. The average molecular weight is 367 g/mol. The van der Waals surface area contributed by atoms with Gasteiger partial charge in [-0.25, -0.2) is 13.6 Å². The molecule has 0 saturated carbocycles. The van der Waals surface area contributed by atoms with Crippen molar-refractivity contribution in [2.45, 2.75) is 0 Å². The van der Waals surface area contributed by atoms with Crippen LogP contribution in [-0.4, -0.2) is 15.1 Å². The van der Waals surface area contributed by atoms with Crippen molar-refractivity contribution in [2.75, 3.05) is 0 Å². The highest BCUT2D eigenvalue weighted by atomic mass is 19.1. The van der Waals surface area contributed by atoms with Crippen molar-refractivity contribution in [3.8, 4) is 22.9 Å². The van der Waals surface area contributed by atoms with Gasteiger partial charge in [0.05, 0.1) is 5.69 Å². The van der Waals surface area contributed by atoms with Gasteiger partial charge in [0.2, 0.25) is 0 Å². The predicted molar refractivity (Wildman–Crippen MR) is 94.8 cm³/mol. The molecule has 0 spiro atoms. The fourth-order valence-corrected chi connectivity index (χ4v) is 2.54. The maximum Gasteiger partial charge on any atom is 0.326 e. The zero-order valence-electron chi connectivity index (χ0n) is 13.6. The summed E-state index contributed by atoms with van der Waals surface area (Å²) in [5.41, 5.74) is -0.729. The van der Waals surface area contributed by atoms with Gasteiger partial charge in [0.1, 0.15) is 11.6 Å². The molecule has 3 rings (SSSR count). The summed E-state index contributed by atoms with van der Waals surface area (Å²) in [7, 11) is 0. The zero-order valence-corrected chi connectivity index (χ0v) is 13.6. The second-order valence-electron chi connectivity index (χ2n) is 5.52. The summed E-state index contributed by atoms with van der Waals surface area (Å²) in [4.78, 5) is 27.4. The molecular weight excluding hydrogens is 356 g/mol. The van der Waals surface area contributed by atoms with Gasteiger partial charge in [-0.1, -0.05) is 30.3 Å². The van der Waals surface area contributed by atoms with Crippen LogP contribution in [-0.2, 0) is 0 Å². The van der Waals surface area contributed by atoms with Gasteiger partial charge in [-0.05, 0) is 34.9 Å². The summed E-state index contributed by atoms with van der Waals surface area (Å²) in [6.45, 7) is 0. The van der Waals surface area contributed by atoms with Crippen molar-refractivity contribution in [3.63, 3.8) is 0 Å². The molecule has 0 aliphatic carbocycles. The molecule has 0 saturated heterocycles. The lowest BCUT2D eigenvalue weighted by Gasteiger charge is -2.08. The number of nitriles is 1. The van der Waals surface area contributed by atoms with Crippen molar-refractivity contribution in [1.82, 2.24) is 9.97 Å². The first-order valence-electron chi connectivity index (χ1n) is 7.63. The lowest BCUT2D eigenvalue weighted by atomic mass is 9.98. The van der Waals surface area contributed by atoms with Gasteiger partial charge in [0.25, 0.3) is 5.56 Å². The van der Waals surface area contributed by atoms with Crippen molar-refractivity contribution in [1.29, 1.82) is 5.26 Å². The number of aromatic nitrogens is 2. The Labute approximate surface area is 150 Å². The van der Waals surface area contributed by atoms with Gasteiger partial charge in [-0.15, -0.1) is 0 Å². The van der Waals surface area contributed by atoms with Crippen molar-refractivity contribution in [2.24, 2.45) is 0 Å². The van der Waals surface area contributed by atoms with E-state index in [0.717, 1.165) is 12.1 Å². The molecule has 3 N–H and O–H groups in total. The van der Waals surface area contributed by atoms with Crippen LogP contribution in [0.2, 0.25) is 0 Å². The standard InChI is InChI=1S/C19H11F2N3O3/c20-14-7-11(8-15(21)17(14)25)12-4-2-1-3-10(12)5-6-16-13(9-22)18(26)24-19(27)23-16/h1-8,25H,(H2,23,24,26,27)/b6-5+. The van der Waals surface area contributed by atoms with Gasteiger partial charge < -0.3 is 10.1 Å². The van der Waals surface area contributed by atoms with E-state index in [4.69, 9.17) is 5.26 Å². The molecule has 0 aliphatic rings. The normalized spacial score (nSPS) is 10.9. The molecule has 0 atom stereocenters. The largest absolute Gasteiger partial charge is 0.503 e. The molecule has 1 aromatic heterocycles. The number of aromatic amines is 2. The van der Waals surface area contributed by atoms with E-state index in [9.17, 15) is 23.5 Å². The SMILES string of the molecule is N#Cc1c(/C=C/c2ccccc2-c2cc(F)c(O)c(F)c2)[nH]c(=O)[nH]c1=O. The van der Waals surface area contributed by atoms with Crippen LogP contribution in [0.4, 0.5) is 8.78 Å². The minimum absolute atomic E-state index is 0.00382. The van der Waals surface area contributed by atoms with E-state index < -0.39 is 28.6 Å². The van der Waals surface area contributed by atoms with Crippen LogP contribution in [0.15, 0.2) is 46.0 Å². The first kappa shape index (κ1) is 17.8. The smallest absolute Gasteiger partial charge is 0.326 e. The Kier molecular flexibility index (Phi) is 4.68. The lowest BCUT2D eigenvalue weighted by molar-refractivity contribution is 0.396. The highest BCUT2D eigenvalue weighted by molar-refractivity contribution is 5.81. The molecule has 0 amide bonds. The summed E-state index contributed by atoms with van der Waals surface area (Å²) in [5.74, 6) is -3.27. The molecule has 2 aromatic carbocycles. The molecule has 27 heavy (non-hydrogen) atoms. The first-order valence-corrected chi connectivity index (χ1v) is 7.63. The van der Waals surface area contributed by atoms with Crippen LogP contribution in [0.3, 0.4) is 0 Å². The van der Waals surface area contributed by atoms with Gasteiger partial charge in [-0.2, -0.15) is 5.26 Å². The van der Waals surface area contributed by atoms with E-state index in [-0.39, 0.29) is 16.8 Å². The summed E-state index contributed by atoms with van der Waals surface area (Å²) >= 11 is 0. The van der Waals surface area contributed by atoms with Crippen molar-refractivity contribution >= 4 is 12.2 Å². The first-order chi connectivity index (χ1) is 12.9. The Morgan fingerprint density at radius 3 is 2.37 bits per heavy atom. The third-order valence-corrected chi connectivity index (χ3v) is 3.80. The highest BCUT2D eigenvalue weighted by Gasteiger charge is 2.12. The number of H-pyrrole nitrogens is 2. The van der Waals surface area contributed by atoms with Crippen LogP contribution in [0, 0.1) is 23.0 Å². The quantitative estimate of drug-likeness (QED) is 0.661. The monoisotopic (exact) mass is 367 g/mol. The Morgan fingerprint density at radius 1 is 1.04 bits per heavy atom. The summed E-state index contributed by atoms with van der Waals surface area (Å²) in [5, 5.41) is 18.3. The van der Waals surface area contributed by atoms with Crippen LogP contribution < -0.4 is 11.2 Å². The van der Waals surface area contributed by atoms with Gasteiger partial charge in [0, 0.05) is 0 Å². The molecule has 1 heterocycles. The number of phenolic OH excluding ortho intramolecular Hbond substituents is 1. The predicted octanol–water partition coefficient (Wildman–Crippen LogP) is 2.76. The minimum atomic E-state index is -1.10. The molecule has 0 unspecified atom stereocenters. The van der Waals surface area contributed by atoms with E-state index in [1.165, 1.54) is 12.2 Å². The Morgan fingerprint density at radius 2 is 1.70 bits per heavy atom. The van der Waals surface area contributed by atoms with Crippen LogP contribution in [0.5, 0.6) is 5.75 Å². The number of nitrogens with one attached hydrogen (secondary N) is 2. The highest BCUT2D eigenvalue weighted by Crippen LogP contribution is 2.30. The zero-order chi connectivity index (χ0) is 19.6. The average Bonchev–Trinajstić information content (AvgIpc) is 2.64. The van der Waals surface area contributed by atoms with E-state index in [1.807, 2.05) is 4.98 Å². The molecule has 0 fully saturated rings. The van der Waals surface area contributed by atoms with Crippen LogP contribution in [0.25, 0.3) is 23.3 Å². The van der Waals surface area contributed by atoms with Crippen LogP contribution in [0.1, 0.15) is 16.8 Å². The van der Waals surface area contributed by atoms with E-state index in [1.54, 1.807) is 30.3 Å². The van der Waals surface area contributed by atoms with Gasteiger partial charge in [-0.3, -0.25) is 9.78 Å². The fraction of sp³-hybridized carbons (Fsp3) is 0. The number of phenols is 1. The van der Waals surface area contributed by atoms with Crippen LogP contribution >= 0.6 is 0 Å². The third-order valence-electron chi connectivity index (χ3n) is 3.80. The molecule has 0 radical (unpaired) electrons. The number of nitrogens with zero attached hydrogens (tertiary/aromatic N) is 1. The topological polar surface area (TPSA) is 110 Å². The Balaban J connectivity index is 2.12. The molecule has 6 nitrogen and oxygen atoms in total.